The van der Waals surface area contributed by atoms with Gasteiger partial charge in [0.15, 0.2) is 0 Å². The molecule has 0 bridgehead atoms. The highest BCUT2D eigenvalue weighted by molar-refractivity contribution is 8.77. The van der Waals surface area contributed by atoms with Crippen LogP contribution in [0.5, 0.6) is 0 Å². The van der Waals surface area contributed by atoms with Gasteiger partial charge in [-0.3, -0.25) is 9.52 Å². The Bertz CT molecular complexity index is 323. The summed E-state index contributed by atoms with van der Waals surface area (Å²) in [4.78, 5) is 11.2. The number of amides is 1. The van der Waals surface area contributed by atoms with E-state index in [2.05, 4.69) is 0 Å². The van der Waals surface area contributed by atoms with Gasteiger partial charge in [-0.15, -0.1) is 0 Å². The minimum Gasteiger partial charge on any atom is -0.274 e. The van der Waals surface area contributed by atoms with Gasteiger partial charge in [-0.25, -0.2) is 8.42 Å². The molecular weight excluding hydrogens is 266 g/mol. The van der Waals surface area contributed by atoms with E-state index in [4.69, 9.17) is 0 Å². The summed E-state index contributed by atoms with van der Waals surface area (Å²) in [6, 6.07) is 0. The number of hydrogen-bond acceptors (Lipinski definition) is 5. The molecule has 1 atom stereocenters. The normalized spacial score (nSPS) is 20.9. The quantitative estimate of drug-likeness (QED) is 0.594. The summed E-state index contributed by atoms with van der Waals surface area (Å²) in [5, 5.41) is 0.725. The first kappa shape index (κ1) is 14.2. The molecule has 94 valence electrons. The fourth-order valence-electron chi connectivity index (χ4n) is 1.48. The third kappa shape index (κ3) is 6.65. The highest BCUT2D eigenvalue weighted by atomic mass is 33.1. The first-order valence-electron chi connectivity index (χ1n) is 5.26. The molecule has 1 amide bonds. The lowest BCUT2D eigenvalue weighted by Gasteiger charge is -2.06. The molecule has 1 unspecified atom stereocenters. The maximum Gasteiger partial charge on any atom is 0.233 e. The molecule has 1 fully saturated rings. The maximum absolute atomic E-state index is 11.2. The van der Waals surface area contributed by atoms with Gasteiger partial charge in [0.1, 0.15) is 0 Å². The molecule has 1 aliphatic rings. The van der Waals surface area contributed by atoms with E-state index < -0.39 is 15.9 Å². The Morgan fingerprint density at radius 1 is 1.44 bits per heavy atom. The van der Waals surface area contributed by atoms with Crippen LogP contribution in [0.25, 0.3) is 0 Å². The van der Waals surface area contributed by atoms with Gasteiger partial charge in [-0.05, 0) is 19.3 Å². The molecule has 0 aromatic carbocycles. The van der Waals surface area contributed by atoms with Gasteiger partial charge in [0, 0.05) is 17.4 Å². The summed E-state index contributed by atoms with van der Waals surface area (Å²) in [6.07, 6.45) is 5.45. The average Bonchev–Trinajstić information content (AvgIpc) is 2.62. The van der Waals surface area contributed by atoms with Crippen molar-refractivity contribution in [3.63, 3.8) is 0 Å². The first-order chi connectivity index (χ1) is 7.47. The van der Waals surface area contributed by atoms with Crippen molar-refractivity contribution in [2.24, 2.45) is 0 Å². The summed E-state index contributed by atoms with van der Waals surface area (Å²) in [6.45, 7) is 0. The second-order valence-corrected chi connectivity index (χ2v) is 8.41. The Balaban J connectivity index is 2.04. The molecule has 1 N–H and O–H groups in total. The van der Waals surface area contributed by atoms with Crippen molar-refractivity contribution in [2.45, 2.75) is 37.4 Å². The zero-order chi connectivity index (χ0) is 12.0. The van der Waals surface area contributed by atoms with E-state index in [-0.39, 0.29) is 0 Å². The first-order valence-corrected chi connectivity index (χ1v) is 9.53. The minimum atomic E-state index is -3.38. The molecule has 0 spiro atoms. The number of nitrogens with one attached hydrogen (secondary N) is 1. The van der Waals surface area contributed by atoms with Crippen LogP contribution in [-0.2, 0) is 14.8 Å². The van der Waals surface area contributed by atoms with E-state index in [1.165, 1.54) is 12.2 Å². The molecule has 7 heteroatoms. The van der Waals surface area contributed by atoms with Gasteiger partial charge in [0.05, 0.1) is 6.26 Å². The molecule has 16 heavy (non-hydrogen) atoms. The number of carbonyl (C=O) groups is 1. The Morgan fingerprint density at radius 2 is 2.19 bits per heavy atom. The fraction of sp³-hybridized carbons (Fsp3) is 0.889. The third-order valence-electron chi connectivity index (χ3n) is 2.21. The van der Waals surface area contributed by atoms with Crippen molar-refractivity contribution < 1.29 is 13.2 Å². The van der Waals surface area contributed by atoms with Crippen LogP contribution in [0.3, 0.4) is 0 Å². The van der Waals surface area contributed by atoms with Crippen molar-refractivity contribution in [3.8, 4) is 0 Å². The van der Waals surface area contributed by atoms with Crippen LogP contribution in [0.4, 0.5) is 0 Å². The highest BCUT2D eigenvalue weighted by Crippen LogP contribution is 2.39. The molecule has 1 rings (SSSR count). The summed E-state index contributed by atoms with van der Waals surface area (Å²) < 4.78 is 23.5. The van der Waals surface area contributed by atoms with Crippen molar-refractivity contribution in [3.05, 3.63) is 0 Å². The van der Waals surface area contributed by atoms with E-state index in [0.29, 0.717) is 6.42 Å². The van der Waals surface area contributed by atoms with E-state index in [9.17, 15) is 13.2 Å². The van der Waals surface area contributed by atoms with Crippen LogP contribution in [-0.4, -0.2) is 31.6 Å². The van der Waals surface area contributed by atoms with Crippen LogP contribution in [0.2, 0.25) is 0 Å². The molecule has 0 saturated carbocycles. The summed E-state index contributed by atoms with van der Waals surface area (Å²) in [5.41, 5.74) is 0. The number of hydrogen-bond donors (Lipinski definition) is 1. The van der Waals surface area contributed by atoms with E-state index in [0.717, 1.165) is 30.8 Å². The zero-order valence-electron chi connectivity index (χ0n) is 9.27. The van der Waals surface area contributed by atoms with Gasteiger partial charge < -0.3 is 0 Å². The predicted molar refractivity (Wildman–Crippen MR) is 69.9 cm³/mol. The molecular formula is C9H17NO3S3. The van der Waals surface area contributed by atoms with Crippen LogP contribution in [0, 0.1) is 0 Å². The van der Waals surface area contributed by atoms with Crippen LogP contribution < -0.4 is 4.72 Å². The number of sulfonamides is 1. The van der Waals surface area contributed by atoms with Crippen molar-refractivity contribution in [1.29, 1.82) is 0 Å². The van der Waals surface area contributed by atoms with Crippen molar-refractivity contribution in [2.75, 3.05) is 12.0 Å². The molecule has 1 heterocycles. The lowest BCUT2D eigenvalue weighted by Crippen LogP contribution is -2.28. The van der Waals surface area contributed by atoms with Crippen LogP contribution in [0.15, 0.2) is 0 Å². The summed E-state index contributed by atoms with van der Waals surface area (Å²) in [7, 11) is 0.461. The molecule has 4 nitrogen and oxygen atoms in total. The van der Waals surface area contributed by atoms with Gasteiger partial charge in [0.25, 0.3) is 0 Å². The van der Waals surface area contributed by atoms with Crippen LogP contribution >= 0.6 is 21.6 Å². The Hall–Kier alpha value is 0.120. The number of rotatable bonds is 6. The smallest absolute Gasteiger partial charge is 0.233 e. The second-order valence-electron chi connectivity index (χ2n) is 3.87. The Morgan fingerprint density at radius 3 is 2.75 bits per heavy atom. The van der Waals surface area contributed by atoms with Crippen LogP contribution in [0.1, 0.15) is 32.1 Å². The van der Waals surface area contributed by atoms with Gasteiger partial charge >= 0.3 is 0 Å². The molecule has 0 aromatic heterocycles. The van der Waals surface area contributed by atoms with Gasteiger partial charge in [-0.2, -0.15) is 0 Å². The number of unbranched alkanes of at least 4 members (excludes halogenated alkanes) is 1. The third-order valence-corrected chi connectivity index (χ3v) is 5.81. The lowest BCUT2D eigenvalue weighted by atomic mass is 10.1. The van der Waals surface area contributed by atoms with E-state index in [1.807, 2.05) is 26.3 Å². The standard InChI is InChI=1S/C9H17NO3S3/c1-16(12,13)10-9(11)5-3-2-4-8-6-7-14-15-8/h8H,2-7H2,1H3,(H,10,11). The SMILES string of the molecule is CS(=O)(=O)NC(=O)CCCCC1CCSS1. The zero-order valence-corrected chi connectivity index (χ0v) is 11.7. The Kier molecular flexibility index (Phi) is 5.99. The average molecular weight is 283 g/mol. The largest absolute Gasteiger partial charge is 0.274 e. The second kappa shape index (κ2) is 6.76. The molecule has 1 aliphatic heterocycles. The van der Waals surface area contributed by atoms with Gasteiger partial charge in [0.2, 0.25) is 15.9 Å². The van der Waals surface area contributed by atoms with E-state index >= 15 is 0 Å². The molecule has 1 saturated heterocycles. The summed E-state index contributed by atoms with van der Waals surface area (Å²) in [5.74, 6) is 0.833. The summed E-state index contributed by atoms with van der Waals surface area (Å²) >= 11 is 0. The fourth-order valence-corrected chi connectivity index (χ4v) is 5.02. The molecule has 0 radical (unpaired) electrons. The minimum absolute atomic E-state index is 0.303. The molecule has 0 aliphatic carbocycles. The monoisotopic (exact) mass is 283 g/mol. The molecule has 0 aromatic rings. The van der Waals surface area contributed by atoms with Gasteiger partial charge in [-0.1, -0.05) is 28.0 Å². The van der Waals surface area contributed by atoms with Crippen molar-refractivity contribution >= 4 is 37.5 Å². The maximum atomic E-state index is 11.2. The lowest BCUT2D eigenvalue weighted by molar-refractivity contribution is -0.119. The van der Waals surface area contributed by atoms with E-state index in [1.54, 1.807) is 0 Å². The topological polar surface area (TPSA) is 63.2 Å². The highest BCUT2D eigenvalue weighted by Gasteiger charge is 2.16. The predicted octanol–water partition coefficient (Wildman–Crippen LogP) is 1.78. The number of carbonyl (C=O) groups excluding carboxylic acids is 1. The Labute approximate surface area is 105 Å². The van der Waals surface area contributed by atoms with Crippen molar-refractivity contribution in [1.82, 2.24) is 4.72 Å².